The van der Waals surface area contributed by atoms with E-state index in [9.17, 15) is 26.4 Å². The average Bonchev–Trinajstić information content (AvgIpc) is 2.46. The molecule has 0 unspecified atom stereocenters. The molecule has 0 aromatic heterocycles. The Kier molecular flexibility index (Phi) is 4.57. The fourth-order valence-corrected chi connectivity index (χ4v) is 2.57. The molecule has 0 saturated carbocycles. The predicted molar refractivity (Wildman–Crippen MR) is 80.5 cm³/mol. The first kappa shape index (κ1) is 17.8. The van der Waals surface area contributed by atoms with Gasteiger partial charge in [-0.05, 0) is 42.5 Å². The highest BCUT2D eigenvalue weighted by atomic mass is 32.2. The second kappa shape index (κ2) is 6.16. The van der Waals surface area contributed by atoms with Gasteiger partial charge in [0.05, 0.1) is 4.90 Å². The van der Waals surface area contributed by atoms with Crippen LogP contribution < -0.4 is 10.5 Å². The first-order valence-corrected chi connectivity index (χ1v) is 8.36. The summed E-state index contributed by atoms with van der Waals surface area (Å²) in [6, 6.07) is 7.98. The van der Waals surface area contributed by atoms with Crippen LogP contribution in [0.2, 0.25) is 0 Å². The summed E-state index contributed by atoms with van der Waals surface area (Å²) in [5.41, 5.74) is 5.52. The number of hydrogen-bond acceptors (Lipinski definition) is 5. The van der Waals surface area contributed by atoms with Crippen LogP contribution in [-0.2, 0) is 9.84 Å². The Morgan fingerprint density at radius 3 is 2.17 bits per heavy atom. The normalized spacial score (nSPS) is 12.0. The van der Waals surface area contributed by atoms with Gasteiger partial charge in [0.15, 0.2) is 15.6 Å². The van der Waals surface area contributed by atoms with Crippen molar-refractivity contribution in [1.29, 1.82) is 0 Å². The van der Waals surface area contributed by atoms with Crippen LogP contribution in [0.5, 0.6) is 5.75 Å². The molecule has 0 aliphatic rings. The van der Waals surface area contributed by atoms with Gasteiger partial charge in [0, 0.05) is 23.1 Å². The lowest BCUT2D eigenvalue weighted by molar-refractivity contribution is -0.274. The third kappa shape index (κ3) is 4.25. The number of halogens is 3. The number of anilines is 1. The van der Waals surface area contributed by atoms with E-state index in [1.807, 2.05) is 0 Å². The van der Waals surface area contributed by atoms with Gasteiger partial charge in [0.1, 0.15) is 5.75 Å². The second-order valence-corrected chi connectivity index (χ2v) is 6.94. The highest BCUT2D eigenvalue weighted by Gasteiger charge is 2.31. The average molecular weight is 359 g/mol. The van der Waals surface area contributed by atoms with E-state index >= 15 is 0 Å². The summed E-state index contributed by atoms with van der Waals surface area (Å²) in [7, 11) is -3.43. The number of sulfone groups is 1. The Morgan fingerprint density at radius 2 is 1.67 bits per heavy atom. The zero-order chi connectivity index (χ0) is 18.1. The molecule has 9 heteroatoms. The summed E-state index contributed by atoms with van der Waals surface area (Å²) < 4.78 is 63.3. The molecule has 0 atom stereocenters. The standard InChI is InChI=1S/C15H12F3NO4S/c1-24(21,22)11-5-2-9(3-6-11)14(20)12-8-10(4-7-13(12)19)23-15(16,17)18/h2-8H,19H2,1H3. The Labute approximate surface area is 135 Å². The first-order valence-electron chi connectivity index (χ1n) is 6.47. The highest BCUT2D eigenvalue weighted by molar-refractivity contribution is 7.90. The molecule has 0 fully saturated rings. The quantitative estimate of drug-likeness (QED) is 0.670. The molecule has 0 aliphatic carbocycles. The molecule has 128 valence electrons. The van der Waals surface area contributed by atoms with Crippen LogP contribution in [0.15, 0.2) is 47.4 Å². The molecular formula is C15H12F3NO4S. The van der Waals surface area contributed by atoms with Gasteiger partial charge in [0.2, 0.25) is 0 Å². The molecule has 0 aliphatic heterocycles. The van der Waals surface area contributed by atoms with E-state index in [1.54, 1.807) is 0 Å². The molecular weight excluding hydrogens is 347 g/mol. The van der Waals surface area contributed by atoms with Gasteiger partial charge in [-0.1, -0.05) is 0 Å². The molecule has 0 spiro atoms. The van der Waals surface area contributed by atoms with Crippen LogP contribution >= 0.6 is 0 Å². The minimum Gasteiger partial charge on any atom is -0.406 e. The van der Waals surface area contributed by atoms with Gasteiger partial charge in [0.25, 0.3) is 0 Å². The fraction of sp³-hybridized carbons (Fsp3) is 0.133. The Hall–Kier alpha value is -2.55. The third-order valence-electron chi connectivity index (χ3n) is 3.05. The maximum Gasteiger partial charge on any atom is 0.573 e. The van der Waals surface area contributed by atoms with Crippen molar-refractivity contribution >= 4 is 21.3 Å². The second-order valence-electron chi connectivity index (χ2n) is 4.92. The molecule has 0 radical (unpaired) electrons. The molecule has 2 rings (SSSR count). The molecule has 2 aromatic rings. The molecule has 0 bridgehead atoms. The third-order valence-corrected chi connectivity index (χ3v) is 4.18. The monoisotopic (exact) mass is 359 g/mol. The number of ketones is 1. The number of rotatable bonds is 4. The molecule has 24 heavy (non-hydrogen) atoms. The minimum absolute atomic E-state index is 0.0150. The molecule has 0 saturated heterocycles. The van der Waals surface area contributed by atoms with E-state index in [1.165, 1.54) is 24.3 Å². The molecule has 2 aromatic carbocycles. The van der Waals surface area contributed by atoms with Crippen molar-refractivity contribution in [2.75, 3.05) is 12.0 Å². The lowest BCUT2D eigenvalue weighted by atomic mass is 10.0. The number of nitrogen functional groups attached to an aromatic ring is 1. The summed E-state index contributed by atoms with van der Waals surface area (Å²) >= 11 is 0. The summed E-state index contributed by atoms with van der Waals surface area (Å²) in [5, 5.41) is 0. The maximum atomic E-state index is 12.4. The van der Waals surface area contributed by atoms with Crippen molar-refractivity contribution in [3.05, 3.63) is 53.6 Å². The number of benzene rings is 2. The van der Waals surface area contributed by atoms with Crippen molar-refractivity contribution in [3.8, 4) is 5.75 Å². The number of ether oxygens (including phenoxy) is 1. The van der Waals surface area contributed by atoms with E-state index in [-0.39, 0.29) is 21.7 Å². The highest BCUT2D eigenvalue weighted by Crippen LogP contribution is 2.27. The number of nitrogens with two attached hydrogens (primary N) is 1. The summed E-state index contributed by atoms with van der Waals surface area (Å²) in [4.78, 5) is 12.4. The lowest BCUT2D eigenvalue weighted by Gasteiger charge is -2.11. The Balaban J connectivity index is 2.37. The van der Waals surface area contributed by atoms with E-state index in [4.69, 9.17) is 5.73 Å². The van der Waals surface area contributed by atoms with Crippen LogP contribution in [0, 0.1) is 0 Å². The van der Waals surface area contributed by atoms with E-state index in [0.717, 1.165) is 24.5 Å². The van der Waals surface area contributed by atoms with Crippen LogP contribution in [0.4, 0.5) is 18.9 Å². The maximum absolute atomic E-state index is 12.4. The Bertz CT molecular complexity index is 875. The fourth-order valence-electron chi connectivity index (χ4n) is 1.94. The number of alkyl halides is 3. The Morgan fingerprint density at radius 1 is 1.08 bits per heavy atom. The first-order chi connectivity index (χ1) is 11.0. The molecule has 0 heterocycles. The van der Waals surface area contributed by atoms with E-state index < -0.39 is 27.7 Å². The molecule has 0 amide bonds. The van der Waals surface area contributed by atoms with Gasteiger partial charge in [-0.3, -0.25) is 4.79 Å². The zero-order valence-corrected chi connectivity index (χ0v) is 13.1. The summed E-state index contributed by atoms with van der Waals surface area (Å²) in [6.45, 7) is 0. The SMILES string of the molecule is CS(=O)(=O)c1ccc(C(=O)c2cc(OC(F)(F)F)ccc2N)cc1. The van der Waals surface area contributed by atoms with Gasteiger partial charge in [-0.25, -0.2) is 8.42 Å². The minimum atomic E-state index is -4.90. The van der Waals surface area contributed by atoms with E-state index in [0.29, 0.717) is 0 Å². The topological polar surface area (TPSA) is 86.5 Å². The predicted octanol–water partition coefficient (Wildman–Crippen LogP) is 2.80. The van der Waals surface area contributed by atoms with Crippen molar-refractivity contribution in [3.63, 3.8) is 0 Å². The van der Waals surface area contributed by atoms with Crippen LogP contribution in [-0.4, -0.2) is 26.8 Å². The summed E-state index contributed by atoms with van der Waals surface area (Å²) in [6.07, 6.45) is -3.88. The van der Waals surface area contributed by atoms with Crippen molar-refractivity contribution in [2.45, 2.75) is 11.3 Å². The van der Waals surface area contributed by atoms with Crippen molar-refractivity contribution in [2.24, 2.45) is 0 Å². The largest absolute Gasteiger partial charge is 0.573 e. The van der Waals surface area contributed by atoms with Gasteiger partial charge < -0.3 is 10.5 Å². The van der Waals surface area contributed by atoms with Gasteiger partial charge in [-0.15, -0.1) is 13.2 Å². The van der Waals surface area contributed by atoms with Crippen LogP contribution in [0.3, 0.4) is 0 Å². The number of hydrogen-bond donors (Lipinski definition) is 1. The van der Waals surface area contributed by atoms with Crippen molar-refractivity contribution in [1.82, 2.24) is 0 Å². The van der Waals surface area contributed by atoms with E-state index in [2.05, 4.69) is 4.74 Å². The van der Waals surface area contributed by atoms with Crippen LogP contribution in [0.1, 0.15) is 15.9 Å². The van der Waals surface area contributed by atoms with Crippen LogP contribution in [0.25, 0.3) is 0 Å². The molecule has 2 N–H and O–H groups in total. The summed E-state index contributed by atoms with van der Waals surface area (Å²) in [5.74, 6) is -1.23. The molecule has 5 nitrogen and oxygen atoms in total. The van der Waals surface area contributed by atoms with Gasteiger partial charge in [-0.2, -0.15) is 0 Å². The van der Waals surface area contributed by atoms with Crippen molar-refractivity contribution < 1.29 is 31.1 Å². The van der Waals surface area contributed by atoms with Gasteiger partial charge >= 0.3 is 6.36 Å². The lowest BCUT2D eigenvalue weighted by Crippen LogP contribution is -2.17. The zero-order valence-electron chi connectivity index (χ0n) is 12.3. The number of carbonyl (C=O) groups excluding carboxylic acids is 1. The number of carbonyl (C=O) groups is 1. The smallest absolute Gasteiger partial charge is 0.406 e.